The lowest BCUT2D eigenvalue weighted by Gasteiger charge is -2.28. The third kappa shape index (κ3) is 3.85. The van der Waals surface area contributed by atoms with Gasteiger partial charge < -0.3 is 11.1 Å². The number of sulfonamides is 1. The minimum absolute atomic E-state index is 0.149. The monoisotopic (exact) mass is 373 g/mol. The summed E-state index contributed by atoms with van der Waals surface area (Å²) in [5, 5.41) is 2.72. The van der Waals surface area contributed by atoms with Crippen LogP contribution in [0.1, 0.15) is 33.6 Å². The average molecular weight is 373 g/mol. The van der Waals surface area contributed by atoms with Gasteiger partial charge in [-0.3, -0.25) is 13.9 Å². The Labute approximate surface area is 151 Å². The Bertz CT molecular complexity index is 922. The van der Waals surface area contributed by atoms with Crippen LogP contribution in [0.4, 0.5) is 11.4 Å². The van der Waals surface area contributed by atoms with Gasteiger partial charge in [-0.2, -0.15) is 0 Å². The standard InChI is InChI=1S/C18H19N3O4S/c19-17(22)13-3-7-15(8-4-13)20-18(23)14-5-9-16(10-6-14)21-11-1-2-12-26(21,24)25/h3-10H,1-2,11-12H2,(H2,19,22)(H,20,23). The third-order valence-corrected chi connectivity index (χ3v) is 6.06. The Kier molecular flexibility index (Phi) is 4.94. The maximum Gasteiger partial charge on any atom is 0.255 e. The molecule has 1 fully saturated rings. The van der Waals surface area contributed by atoms with Crippen molar-refractivity contribution in [1.29, 1.82) is 0 Å². The van der Waals surface area contributed by atoms with Crippen molar-refractivity contribution < 1.29 is 18.0 Å². The topological polar surface area (TPSA) is 110 Å². The first-order valence-electron chi connectivity index (χ1n) is 8.18. The van der Waals surface area contributed by atoms with E-state index < -0.39 is 15.9 Å². The summed E-state index contributed by atoms with van der Waals surface area (Å²) >= 11 is 0. The number of hydrogen-bond donors (Lipinski definition) is 2. The van der Waals surface area contributed by atoms with Gasteiger partial charge in [0.05, 0.1) is 11.4 Å². The van der Waals surface area contributed by atoms with E-state index in [2.05, 4.69) is 5.32 Å². The Morgan fingerprint density at radius 2 is 1.54 bits per heavy atom. The molecule has 2 aromatic carbocycles. The molecule has 1 aliphatic rings. The highest BCUT2D eigenvalue weighted by atomic mass is 32.2. The molecule has 3 rings (SSSR count). The highest BCUT2D eigenvalue weighted by molar-refractivity contribution is 7.92. The maximum atomic E-state index is 12.3. The van der Waals surface area contributed by atoms with Gasteiger partial charge in [-0.05, 0) is 61.4 Å². The lowest BCUT2D eigenvalue weighted by atomic mass is 10.1. The van der Waals surface area contributed by atoms with Crippen LogP contribution in [0.5, 0.6) is 0 Å². The van der Waals surface area contributed by atoms with Crippen LogP contribution in [-0.4, -0.2) is 32.5 Å². The Hall–Kier alpha value is -2.87. The van der Waals surface area contributed by atoms with Crippen LogP contribution in [0.15, 0.2) is 48.5 Å². The van der Waals surface area contributed by atoms with Crippen molar-refractivity contribution in [3.63, 3.8) is 0 Å². The number of benzene rings is 2. The van der Waals surface area contributed by atoms with E-state index in [-0.39, 0.29) is 11.7 Å². The zero-order valence-corrected chi connectivity index (χ0v) is 14.8. The summed E-state index contributed by atoms with van der Waals surface area (Å²) in [5.74, 6) is -0.715. The second kappa shape index (κ2) is 7.17. The van der Waals surface area contributed by atoms with Crippen molar-refractivity contribution >= 4 is 33.2 Å². The number of primary amides is 1. The van der Waals surface area contributed by atoms with Crippen molar-refractivity contribution in [1.82, 2.24) is 0 Å². The molecule has 2 amide bonds. The predicted molar refractivity (Wildman–Crippen MR) is 99.7 cm³/mol. The van der Waals surface area contributed by atoms with E-state index in [1.165, 1.54) is 16.4 Å². The highest BCUT2D eigenvalue weighted by Gasteiger charge is 2.25. The van der Waals surface area contributed by atoms with E-state index in [1.54, 1.807) is 36.4 Å². The molecule has 7 nitrogen and oxygen atoms in total. The van der Waals surface area contributed by atoms with Gasteiger partial charge in [0.25, 0.3) is 5.91 Å². The van der Waals surface area contributed by atoms with Crippen molar-refractivity contribution in [2.45, 2.75) is 12.8 Å². The molecule has 0 atom stereocenters. The van der Waals surface area contributed by atoms with Crippen molar-refractivity contribution in [3.05, 3.63) is 59.7 Å². The third-order valence-electron chi connectivity index (χ3n) is 4.19. The quantitative estimate of drug-likeness (QED) is 0.854. The fraction of sp³-hybridized carbons (Fsp3) is 0.222. The van der Waals surface area contributed by atoms with Gasteiger partial charge in [-0.1, -0.05) is 0 Å². The van der Waals surface area contributed by atoms with Crippen molar-refractivity contribution in [2.75, 3.05) is 21.9 Å². The number of anilines is 2. The van der Waals surface area contributed by atoms with E-state index in [4.69, 9.17) is 5.73 Å². The van der Waals surface area contributed by atoms with Crippen LogP contribution in [0.3, 0.4) is 0 Å². The number of rotatable bonds is 4. The molecule has 136 valence electrons. The van der Waals surface area contributed by atoms with Crippen LogP contribution in [0, 0.1) is 0 Å². The van der Waals surface area contributed by atoms with Crippen molar-refractivity contribution in [3.8, 4) is 0 Å². The van der Waals surface area contributed by atoms with Gasteiger partial charge in [0, 0.05) is 23.4 Å². The predicted octanol–water partition coefficient (Wildman–Crippen LogP) is 1.97. The number of amides is 2. The molecular formula is C18H19N3O4S. The minimum atomic E-state index is -3.27. The summed E-state index contributed by atoms with van der Waals surface area (Å²) < 4.78 is 25.7. The lowest BCUT2D eigenvalue weighted by molar-refractivity contribution is 0.0998. The number of carbonyl (C=O) groups excluding carboxylic acids is 2. The Balaban J connectivity index is 1.71. The smallest absolute Gasteiger partial charge is 0.255 e. The second-order valence-corrected chi connectivity index (χ2v) is 8.05. The number of hydrogen-bond acceptors (Lipinski definition) is 4. The summed E-state index contributed by atoms with van der Waals surface area (Å²) in [6.45, 7) is 0.458. The summed E-state index contributed by atoms with van der Waals surface area (Å²) in [5.41, 5.74) is 7.03. The van der Waals surface area contributed by atoms with Gasteiger partial charge in [0.15, 0.2) is 0 Å². The summed E-state index contributed by atoms with van der Waals surface area (Å²) in [6.07, 6.45) is 1.50. The van der Waals surface area contributed by atoms with E-state index in [0.29, 0.717) is 35.5 Å². The van der Waals surface area contributed by atoms with Gasteiger partial charge in [-0.25, -0.2) is 8.42 Å². The first-order valence-corrected chi connectivity index (χ1v) is 9.79. The number of nitrogens with zero attached hydrogens (tertiary/aromatic N) is 1. The van der Waals surface area contributed by atoms with Crippen LogP contribution in [0.25, 0.3) is 0 Å². The fourth-order valence-corrected chi connectivity index (χ4v) is 4.42. The molecule has 0 saturated carbocycles. The summed E-state index contributed by atoms with van der Waals surface area (Å²) in [7, 11) is -3.27. The van der Waals surface area contributed by atoms with Gasteiger partial charge in [-0.15, -0.1) is 0 Å². The summed E-state index contributed by atoms with van der Waals surface area (Å²) in [6, 6.07) is 12.7. The molecule has 0 unspecified atom stereocenters. The average Bonchev–Trinajstić information content (AvgIpc) is 2.62. The zero-order valence-electron chi connectivity index (χ0n) is 14.0. The molecule has 2 aromatic rings. The SMILES string of the molecule is NC(=O)c1ccc(NC(=O)c2ccc(N3CCCCS3(=O)=O)cc2)cc1. The van der Waals surface area contributed by atoms with Gasteiger partial charge in [0.1, 0.15) is 0 Å². The first-order chi connectivity index (χ1) is 12.4. The molecule has 0 aliphatic carbocycles. The Morgan fingerprint density at radius 3 is 2.12 bits per heavy atom. The van der Waals surface area contributed by atoms with Crippen LogP contribution < -0.4 is 15.4 Å². The molecule has 8 heteroatoms. The molecule has 1 heterocycles. The van der Waals surface area contributed by atoms with Gasteiger partial charge >= 0.3 is 0 Å². The van der Waals surface area contributed by atoms with Crippen LogP contribution in [0.2, 0.25) is 0 Å². The zero-order chi connectivity index (χ0) is 18.7. The van der Waals surface area contributed by atoms with E-state index in [1.807, 2.05) is 0 Å². The largest absolute Gasteiger partial charge is 0.366 e. The number of carbonyl (C=O) groups is 2. The highest BCUT2D eigenvalue weighted by Crippen LogP contribution is 2.24. The Morgan fingerprint density at radius 1 is 0.923 bits per heavy atom. The molecule has 26 heavy (non-hydrogen) atoms. The molecule has 1 aliphatic heterocycles. The van der Waals surface area contributed by atoms with E-state index >= 15 is 0 Å². The fourth-order valence-electron chi connectivity index (χ4n) is 2.78. The van der Waals surface area contributed by atoms with Crippen molar-refractivity contribution in [2.24, 2.45) is 5.73 Å². The molecule has 0 spiro atoms. The molecule has 0 radical (unpaired) electrons. The second-order valence-electron chi connectivity index (χ2n) is 6.04. The molecule has 0 bridgehead atoms. The molecular weight excluding hydrogens is 354 g/mol. The van der Waals surface area contributed by atoms with Gasteiger partial charge in [0.2, 0.25) is 15.9 Å². The number of nitrogens with one attached hydrogen (secondary N) is 1. The van der Waals surface area contributed by atoms with Crippen LogP contribution in [-0.2, 0) is 10.0 Å². The minimum Gasteiger partial charge on any atom is -0.366 e. The molecule has 0 aromatic heterocycles. The van der Waals surface area contributed by atoms with E-state index in [0.717, 1.165) is 6.42 Å². The number of nitrogens with two attached hydrogens (primary N) is 1. The molecule has 1 saturated heterocycles. The van der Waals surface area contributed by atoms with Crippen LogP contribution >= 0.6 is 0 Å². The summed E-state index contributed by atoms with van der Waals surface area (Å²) in [4.78, 5) is 23.4. The lowest BCUT2D eigenvalue weighted by Crippen LogP contribution is -2.37. The normalized spacial score (nSPS) is 16.1. The molecule has 3 N–H and O–H groups in total. The maximum absolute atomic E-state index is 12.3. The first kappa shape index (κ1) is 17.9. The van der Waals surface area contributed by atoms with E-state index in [9.17, 15) is 18.0 Å².